The Morgan fingerprint density at radius 3 is 2.39 bits per heavy atom. The minimum atomic E-state index is -0.949. The molecule has 28 heavy (non-hydrogen) atoms. The first-order valence-corrected chi connectivity index (χ1v) is 9.70. The van der Waals surface area contributed by atoms with Crippen LogP contribution in [0.15, 0.2) is 48.5 Å². The van der Waals surface area contributed by atoms with Crippen LogP contribution in [0.1, 0.15) is 56.4 Å². The third kappa shape index (κ3) is 4.46. The predicted molar refractivity (Wildman–Crippen MR) is 116 cm³/mol. The minimum absolute atomic E-state index is 0.149. The molecule has 0 aliphatic carbocycles. The van der Waals surface area contributed by atoms with Crippen LogP contribution in [0.3, 0.4) is 0 Å². The van der Waals surface area contributed by atoms with Gasteiger partial charge in [-0.3, -0.25) is 0 Å². The fourth-order valence-corrected chi connectivity index (χ4v) is 3.59. The summed E-state index contributed by atoms with van der Waals surface area (Å²) in [5.74, 6) is 5.55. The van der Waals surface area contributed by atoms with E-state index in [0.29, 0.717) is 6.04 Å². The van der Waals surface area contributed by atoms with Crippen LogP contribution >= 0.6 is 0 Å². The lowest BCUT2D eigenvalue weighted by atomic mass is 9.77. The quantitative estimate of drug-likeness (QED) is 0.602. The molecular weight excluding hydrogens is 346 g/mol. The topological polar surface area (TPSA) is 40.5 Å². The zero-order valence-electron chi connectivity index (χ0n) is 17.0. The maximum Gasteiger partial charge on any atom is 0.328 e. The van der Waals surface area contributed by atoms with Crippen molar-refractivity contribution in [3.63, 3.8) is 0 Å². The fraction of sp³-hybridized carbons (Fsp3) is 0.320. The second kappa shape index (κ2) is 7.94. The molecular formula is C25H27NO2. The number of anilines is 1. The van der Waals surface area contributed by atoms with Gasteiger partial charge in [0, 0.05) is 35.5 Å². The first-order chi connectivity index (χ1) is 13.3. The third-order valence-electron chi connectivity index (χ3n) is 5.32. The van der Waals surface area contributed by atoms with Gasteiger partial charge in [-0.1, -0.05) is 37.8 Å². The van der Waals surface area contributed by atoms with Gasteiger partial charge in [-0.2, -0.15) is 0 Å². The molecule has 0 atom stereocenters. The summed E-state index contributed by atoms with van der Waals surface area (Å²) in [4.78, 5) is 13.1. The van der Waals surface area contributed by atoms with Gasteiger partial charge in [-0.05, 0) is 73.2 Å². The maximum atomic E-state index is 10.6. The molecule has 3 rings (SSSR count). The number of rotatable bonds is 3. The molecule has 0 bridgehead atoms. The molecule has 144 valence electrons. The maximum absolute atomic E-state index is 10.6. The van der Waals surface area contributed by atoms with Gasteiger partial charge in [0.2, 0.25) is 0 Å². The normalized spacial score (nSPS) is 15.2. The first kappa shape index (κ1) is 19.8. The second-order valence-electron chi connectivity index (χ2n) is 8.20. The molecule has 0 amide bonds. The summed E-state index contributed by atoms with van der Waals surface area (Å²) < 4.78 is 0. The number of hydrogen-bond donors (Lipinski definition) is 1. The summed E-state index contributed by atoms with van der Waals surface area (Å²) in [6, 6.07) is 14.6. The smallest absolute Gasteiger partial charge is 0.328 e. The van der Waals surface area contributed by atoms with E-state index in [1.54, 1.807) is 6.08 Å². The lowest BCUT2D eigenvalue weighted by Gasteiger charge is -2.42. The molecule has 1 heterocycles. The average molecular weight is 373 g/mol. The molecule has 0 radical (unpaired) electrons. The van der Waals surface area contributed by atoms with E-state index < -0.39 is 5.97 Å². The van der Waals surface area contributed by atoms with E-state index >= 15 is 0 Å². The predicted octanol–water partition coefficient (Wildman–Crippen LogP) is 5.08. The number of carboxylic acids is 1. The molecule has 0 saturated heterocycles. The molecule has 0 aromatic heterocycles. The van der Waals surface area contributed by atoms with E-state index in [1.165, 1.54) is 11.3 Å². The van der Waals surface area contributed by atoms with Crippen molar-refractivity contribution in [3.8, 4) is 11.8 Å². The largest absolute Gasteiger partial charge is 0.478 e. The fourth-order valence-electron chi connectivity index (χ4n) is 3.59. The van der Waals surface area contributed by atoms with Gasteiger partial charge in [-0.25, -0.2) is 4.79 Å². The monoisotopic (exact) mass is 373 g/mol. The zero-order chi connectivity index (χ0) is 20.3. The second-order valence-corrected chi connectivity index (χ2v) is 8.20. The highest BCUT2D eigenvalue weighted by Crippen LogP contribution is 2.40. The van der Waals surface area contributed by atoms with E-state index in [1.807, 2.05) is 24.3 Å². The number of aliphatic carboxylic acids is 1. The van der Waals surface area contributed by atoms with Crippen molar-refractivity contribution < 1.29 is 9.90 Å². The molecule has 1 N–H and O–H groups in total. The summed E-state index contributed by atoms with van der Waals surface area (Å²) >= 11 is 0. The highest BCUT2D eigenvalue weighted by Gasteiger charge is 2.32. The number of fused-ring (bicyclic) bond motifs is 1. The van der Waals surface area contributed by atoms with Gasteiger partial charge in [-0.15, -0.1) is 0 Å². The number of carboxylic acid groups (broad SMARTS) is 1. The molecule has 0 spiro atoms. The molecule has 0 fully saturated rings. The van der Waals surface area contributed by atoms with Crippen molar-refractivity contribution in [1.82, 2.24) is 0 Å². The van der Waals surface area contributed by atoms with E-state index in [-0.39, 0.29) is 5.41 Å². The van der Waals surface area contributed by atoms with Crippen molar-refractivity contribution in [3.05, 3.63) is 70.8 Å². The number of hydrogen-bond acceptors (Lipinski definition) is 2. The summed E-state index contributed by atoms with van der Waals surface area (Å²) in [5, 5.41) is 8.70. The van der Waals surface area contributed by atoms with E-state index in [4.69, 9.17) is 5.11 Å². The van der Waals surface area contributed by atoms with Gasteiger partial charge >= 0.3 is 5.97 Å². The Hall–Kier alpha value is -2.99. The van der Waals surface area contributed by atoms with Gasteiger partial charge in [0.1, 0.15) is 0 Å². The highest BCUT2D eigenvalue weighted by molar-refractivity contribution is 5.85. The summed E-state index contributed by atoms with van der Waals surface area (Å²) in [6.45, 7) is 10.2. The van der Waals surface area contributed by atoms with E-state index in [9.17, 15) is 4.79 Å². The Balaban J connectivity index is 1.86. The van der Waals surface area contributed by atoms with Crippen molar-refractivity contribution in [2.75, 3.05) is 11.4 Å². The van der Waals surface area contributed by atoms with Gasteiger partial charge in [0.05, 0.1) is 0 Å². The number of carbonyl (C=O) groups is 1. The van der Waals surface area contributed by atoms with E-state index in [2.05, 4.69) is 62.6 Å². The van der Waals surface area contributed by atoms with Crippen LogP contribution in [0, 0.1) is 11.8 Å². The van der Waals surface area contributed by atoms with Crippen LogP contribution in [-0.2, 0) is 10.2 Å². The summed E-state index contributed by atoms with van der Waals surface area (Å²) in [7, 11) is 0. The molecule has 2 aromatic rings. The Morgan fingerprint density at radius 2 is 1.75 bits per heavy atom. The molecule has 1 aliphatic heterocycles. The first-order valence-electron chi connectivity index (χ1n) is 9.70. The van der Waals surface area contributed by atoms with Gasteiger partial charge in [0.15, 0.2) is 0 Å². The summed E-state index contributed by atoms with van der Waals surface area (Å²) in [6.07, 6.45) is 3.85. The third-order valence-corrected chi connectivity index (χ3v) is 5.32. The van der Waals surface area contributed by atoms with Crippen molar-refractivity contribution >= 4 is 17.7 Å². The minimum Gasteiger partial charge on any atom is -0.478 e. The zero-order valence-corrected chi connectivity index (χ0v) is 17.0. The van der Waals surface area contributed by atoms with Crippen LogP contribution in [0.2, 0.25) is 0 Å². The van der Waals surface area contributed by atoms with Gasteiger partial charge in [0.25, 0.3) is 0 Å². The van der Waals surface area contributed by atoms with Crippen LogP contribution < -0.4 is 4.90 Å². The van der Waals surface area contributed by atoms with Gasteiger partial charge < -0.3 is 10.0 Å². The Labute approximate surface area is 167 Å². The molecule has 1 aliphatic rings. The lowest BCUT2D eigenvalue weighted by Crippen LogP contribution is -2.41. The lowest BCUT2D eigenvalue weighted by molar-refractivity contribution is -0.131. The Kier molecular flexibility index (Phi) is 5.61. The summed E-state index contributed by atoms with van der Waals surface area (Å²) in [5.41, 5.74) is 5.62. The number of benzene rings is 2. The van der Waals surface area contributed by atoms with Crippen LogP contribution in [-0.4, -0.2) is 23.7 Å². The van der Waals surface area contributed by atoms with Crippen molar-refractivity contribution in [2.24, 2.45) is 0 Å². The number of nitrogens with zero attached hydrogens (tertiary/aromatic N) is 1. The Morgan fingerprint density at radius 1 is 1.11 bits per heavy atom. The van der Waals surface area contributed by atoms with Crippen LogP contribution in [0.4, 0.5) is 5.69 Å². The van der Waals surface area contributed by atoms with Crippen LogP contribution in [0.5, 0.6) is 0 Å². The Bertz CT molecular complexity index is 956. The molecule has 3 nitrogen and oxygen atoms in total. The SMILES string of the molecule is CC(C)N1CCC(C)(C)c2cc(C#Cc3ccc(/C=C/C(=O)O)cc3)ccc21. The standard InChI is InChI=1S/C25H27NO2/c1-18(2)26-16-15-25(3,4)22-17-21(11-13-23(22)26)10-9-19-5-7-20(8-6-19)12-14-24(27)28/h5-8,11-14,17-18H,15-16H2,1-4H3,(H,27,28)/b14-12+. The molecule has 2 aromatic carbocycles. The highest BCUT2D eigenvalue weighted by atomic mass is 16.4. The van der Waals surface area contributed by atoms with E-state index in [0.717, 1.165) is 35.7 Å². The van der Waals surface area contributed by atoms with Crippen molar-refractivity contribution in [1.29, 1.82) is 0 Å². The molecule has 0 saturated carbocycles. The van der Waals surface area contributed by atoms with Crippen LogP contribution in [0.25, 0.3) is 6.08 Å². The molecule has 3 heteroatoms. The van der Waals surface area contributed by atoms with Crippen molar-refractivity contribution in [2.45, 2.75) is 45.6 Å². The average Bonchev–Trinajstić information content (AvgIpc) is 2.65. The molecule has 0 unspecified atom stereocenters.